The number of pyridine rings is 1. The number of aromatic nitrogens is 1. The third-order valence-electron chi connectivity index (χ3n) is 2.87. The molecule has 1 aromatic carbocycles. The molecule has 1 aromatic heterocycles. The van der Waals surface area contributed by atoms with E-state index >= 15 is 0 Å². The fourth-order valence-corrected chi connectivity index (χ4v) is 2.18. The van der Waals surface area contributed by atoms with Gasteiger partial charge >= 0.3 is 11.9 Å². The van der Waals surface area contributed by atoms with Crippen LogP contribution in [0.5, 0.6) is 0 Å². The van der Waals surface area contributed by atoms with Gasteiger partial charge in [0.25, 0.3) is 0 Å². The SMILES string of the molecule is Cc1nc(Cl)c([N+](=O)[O-])cc1-c1ccccc1C(F)(F)F. The van der Waals surface area contributed by atoms with Crippen LogP contribution in [0.4, 0.5) is 18.9 Å². The normalized spacial score (nSPS) is 11.5. The van der Waals surface area contributed by atoms with Gasteiger partial charge in [-0.15, -0.1) is 0 Å². The van der Waals surface area contributed by atoms with Crippen LogP contribution in [0.25, 0.3) is 11.1 Å². The number of hydrogen-bond acceptors (Lipinski definition) is 3. The van der Waals surface area contributed by atoms with E-state index in [0.29, 0.717) is 0 Å². The van der Waals surface area contributed by atoms with E-state index in [4.69, 9.17) is 11.6 Å². The molecular formula is C13H8ClF3N2O2. The van der Waals surface area contributed by atoms with Crippen molar-refractivity contribution in [3.05, 3.63) is 56.9 Å². The summed E-state index contributed by atoms with van der Waals surface area (Å²) < 4.78 is 39.1. The van der Waals surface area contributed by atoms with Crippen LogP contribution in [0, 0.1) is 17.0 Å². The Morgan fingerprint density at radius 3 is 2.43 bits per heavy atom. The number of benzene rings is 1. The maximum atomic E-state index is 13.0. The van der Waals surface area contributed by atoms with Crippen molar-refractivity contribution in [2.45, 2.75) is 13.1 Å². The zero-order valence-electron chi connectivity index (χ0n) is 10.6. The predicted octanol–water partition coefficient (Wildman–Crippen LogP) is 4.64. The second-order valence-corrected chi connectivity index (χ2v) is 4.59. The fraction of sp³-hybridized carbons (Fsp3) is 0.154. The molecule has 0 N–H and O–H groups in total. The van der Waals surface area contributed by atoms with Gasteiger partial charge in [-0.05, 0) is 18.6 Å². The highest BCUT2D eigenvalue weighted by Crippen LogP contribution is 2.39. The van der Waals surface area contributed by atoms with E-state index in [9.17, 15) is 23.3 Å². The lowest BCUT2D eigenvalue weighted by Gasteiger charge is -2.14. The van der Waals surface area contributed by atoms with Crippen molar-refractivity contribution in [2.24, 2.45) is 0 Å². The second kappa shape index (κ2) is 5.33. The number of aryl methyl sites for hydroxylation is 1. The topological polar surface area (TPSA) is 56.0 Å². The monoisotopic (exact) mass is 316 g/mol. The van der Waals surface area contributed by atoms with Crippen molar-refractivity contribution in [3.63, 3.8) is 0 Å². The van der Waals surface area contributed by atoms with E-state index in [1.165, 1.54) is 25.1 Å². The molecular weight excluding hydrogens is 309 g/mol. The summed E-state index contributed by atoms with van der Waals surface area (Å²) in [6, 6.07) is 5.83. The maximum Gasteiger partial charge on any atom is 0.417 e. The Hall–Kier alpha value is -2.15. The fourth-order valence-electron chi connectivity index (χ4n) is 1.93. The molecule has 0 aliphatic heterocycles. The molecule has 2 aromatic rings. The molecule has 0 bridgehead atoms. The van der Waals surface area contributed by atoms with Crippen LogP contribution in [-0.4, -0.2) is 9.91 Å². The van der Waals surface area contributed by atoms with Crippen molar-refractivity contribution in [1.82, 2.24) is 4.98 Å². The molecule has 0 atom stereocenters. The largest absolute Gasteiger partial charge is 0.417 e. The molecule has 0 radical (unpaired) electrons. The Morgan fingerprint density at radius 1 is 1.24 bits per heavy atom. The van der Waals surface area contributed by atoms with Crippen molar-refractivity contribution >= 4 is 17.3 Å². The standard InChI is InChI=1S/C13H8ClF3N2O2/c1-7-9(6-11(19(20)21)12(14)18-7)8-4-2-3-5-10(8)13(15,16)17/h2-6H,1H3. The quantitative estimate of drug-likeness (QED) is 0.461. The summed E-state index contributed by atoms with van der Waals surface area (Å²) in [7, 11) is 0. The van der Waals surface area contributed by atoms with Crippen LogP contribution >= 0.6 is 11.6 Å². The van der Waals surface area contributed by atoms with Crippen LogP contribution < -0.4 is 0 Å². The van der Waals surface area contributed by atoms with E-state index in [-0.39, 0.29) is 22.0 Å². The van der Waals surface area contributed by atoms with Gasteiger partial charge in [0.1, 0.15) is 0 Å². The molecule has 0 saturated heterocycles. The molecule has 110 valence electrons. The van der Waals surface area contributed by atoms with Gasteiger partial charge < -0.3 is 0 Å². The highest BCUT2D eigenvalue weighted by molar-refractivity contribution is 6.31. The number of alkyl halides is 3. The molecule has 0 spiro atoms. The molecule has 0 aliphatic rings. The van der Waals surface area contributed by atoms with Crippen molar-refractivity contribution < 1.29 is 18.1 Å². The first-order valence-electron chi connectivity index (χ1n) is 5.70. The lowest BCUT2D eigenvalue weighted by atomic mass is 9.98. The van der Waals surface area contributed by atoms with E-state index < -0.39 is 22.4 Å². The summed E-state index contributed by atoms with van der Waals surface area (Å²) in [6.07, 6.45) is -4.57. The summed E-state index contributed by atoms with van der Waals surface area (Å²) in [5.74, 6) is 0. The van der Waals surface area contributed by atoms with Crippen LogP contribution in [0.1, 0.15) is 11.3 Å². The van der Waals surface area contributed by atoms with E-state index in [1.807, 2.05) is 0 Å². The Labute approximate surface area is 122 Å². The molecule has 21 heavy (non-hydrogen) atoms. The maximum absolute atomic E-state index is 13.0. The average Bonchev–Trinajstić information content (AvgIpc) is 2.37. The van der Waals surface area contributed by atoms with Gasteiger partial charge in [0.2, 0.25) is 5.15 Å². The lowest BCUT2D eigenvalue weighted by molar-refractivity contribution is -0.385. The van der Waals surface area contributed by atoms with Crippen molar-refractivity contribution in [1.29, 1.82) is 0 Å². The first-order chi connectivity index (χ1) is 9.71. The molecule has 0 amide bonds. The summed E-state index contributed by atoms with van der Waals surface area (Å²) >= 11 is 5.64. The zero-order chi connectivity index (χ0) is 15.8. The minimum atomic E-state index is -4.57. The molecule has 0 fully saturated rings. The minimum absolute atomic E-state index is 0.0269. The summed E-state index contributed by atoms with van der Waals surface area (Å²) in [4.78, 5) is 13.8. The molecule has 8 heteroatoms. The average molecular weight is 317 g/mol. The highest BCUT2D eigenvalue weighted by atomic mass is 35.5. The molecule has 0 saturated carbocycles. The van der Waals surface area contributed by atoms with Crippen molar-refractivity contribution in [3.8, 4) is 11.1 Å². The number of nitrogens with zero attached hydrogens (tertiary/aromatic N) is 2. The van der Waals surface area contributed by atoms with Crippen molar-refractivity contribution in [2.75, 3.05) is 0 Å². The highest BCUT2D eigenvalue weighted by Gasteiger charge is 2.34. The number of hydrogen-bond donors (Lipinski definition) is 0. The third-order valence-corrected chi connectivity index (χ3v) is 3.15. The first-order valence-corrected chi connectivity index (χ1v) is 6.07. The van der Waals surface area contributed by atoms with Gasteiger partial charge in [-0.2, -0.15) is 13.2 Å². The van der Waals surface area contributed by atoms with E-state index in [1.54, 1.807) is 0 Å². The third kappa shape index (κ3) is 2.97. The van der Waals surface area contributed by atoms with Gasteiger partial charge in [0, 0.05) is 17.3 Å². The Kier molecular flexibility index (Phi) is 3.87. The van der Waals surface area contributed by atoms with Crippen LogP contribution in [0.3, 0.4) is 0 Å². The second-order valence-electron chi connectivity index (χ2n) is 4.23. The molecule has 2 rings (SSSR count). The predicted molar refractivity (Wildman–Crippen MR) is 71.1 cm³/mol. The van der Waals surface area contributed by atoms with Gasteiger partial charge in [-0.1, -0.05) is 29.8 Å². The zero-order valence-corrected chi connectivity index (χ0v) is 11.4. The first kappa shape index (κ1) is 15.2. The van der Waals surface area contributed by atoms with Gasteiger partial charge in [-0.3, -0.25) is 10.1 Å². The van der Waals surface area contributed by atoms with Crippen LogP contribution in [0.15, 0.2) is 30.3 Å². The molecule has 0 aliphatic carbocycles. The number of rotatable bonds is 2. The number of halogens is 4. The Bertz CT molecular complexity index is 717. The smallest absolute Gasteiger partial charge is 0.258 e. The summed E-state index contributed by atoms with van der Waals surface area (Å²) in [5, 5.41) is 10.5. The number of nitro groups is 1. The van der Waals surface area contributed by atoms with Crippen LogP contribution in [-0.2, 0) is 6.18 Å². The molecule has 0 unspecified atom stereocenters. The Balaban J connectivity index is 2.74. The summed E-state index contributed by atoms with van der Waals surface area (Å²) in [6.45, 7) is 1.44. The van der Waals surface area contributed by atoms with E-state index in [0.717, 1.165) is 12.1 Å². The summed E-state index contributed by atoms with van der Waals surface area (Å²) in [5.41, 5.74) is -1.38. The minimum Gasteiger partial charge on any atom is -0.258 e. The Morgan fingerprint density at radius 2 is 1.86 bits per heavy atom. The van der Waals surface area contributed by atoms with E-state index in [2.05, 4.69) is 4.98 Å². The lowest BCUT2D eigenvalue weighted by Crippen LogP contribution is -2.08. The molecule has 4 nitrogen and oxygen atoms in total. The van der Waals surface area contributed by atoms with Gasteiger partial charge in [0.05, 0.1) is 10.5 Å². The van der Waals surface area contributed by atoms with Gasteiger partial charge in [-0.25, -0.2) is 4.98 Å². The van der Waals surface area contributed by atoms with Gasteiger partial charge in [0.15, 0.2) is 0 Å². The van der Waals surface area contributed by atoms with Crippen LogP contribution in [0.2, 0.25) is 5.15 Å². The molecule has 1 heterocycles.